The maximum absolute atomic E-state index is 13.4. The molecule has 2 aromatic rings. The Labute approximate surface area is 111 Å². The van der Waals surface area contributed by atoms with E-state index in [0.717, 1.165) is 12.5 Å². The van der Waals surface area contributed by atoms with E-state index in [4.69, 9.17) is 0 Å². The quantitative estimate of drug-likeness (QED) is 0.878. The first kappa shape index (κ1) is 12.5. The van der Waals surface area contributed by atoms with Crippen molar-refractivity contribution in [2.24, 2.45) is 0 Å². The Morgan fingerprint density at radius 3 is 2.76 bits per heavy atom. The minimum absolute atomic E-state index is 0.308. The summed E-state index contributed by atoms with van der Waals surface area (Å²) in [5.74, 6) is -1.17. The lowest BCUT2D eigenvalue weighted by Crippen LogP contribution is -2.06. The summed E-state index contributed by atoms with van der Waals surface area (Å²) in [4.78, 5) is 1.23. The summed E-state index contributed by atoms with van der Waals surface area (Å²) in [6.07, 6.45) is 0.820. The van der Waals surface area contributed by atoms with Crippen LogP contribution < -0.4 is 5.32 Å². The highest BCUT2D eigenvalue weighted by Crippen LogP contribution is 2.26. The highest BCUT2D eigenvalue weighted by molar-refractivity contribution is 9.10. The van der Waals surface area contributed by atoms with Crippen molar-refractivity contribution in [2.45, 2.75) is 6.42 Å². The van der Waals surface area contributed by atoms with E-state index in [0.29, 0.717) is 16.7 Å². The van der Waals surface area contributed by atoms with Gasteiger partial charge in [-0.2, -0.15) is 0 Å². The monoisotopic (exact) mass is 317 g/mol. The average molecular weight is 318 g/mol. The molecule has 0 amide bonds. The molecule has 1 aromatic carbocycles. The van der Waals surface area contributed by atoms with Gasteiger partial charge in [-0.25, -0.2) is 8.78 Å². The third kappa shape index (κ3) is 3.26. The largest absolute Gasteiger partial charge is 0.381 e. The summed E-state index contributed by atoms with van der Waals surface area (Å²) >= 11 is 4.80. The van der Waals surface area contributed by atoms with Gasteiger partial charge in [0.2, 0.25) is 0 Å². The molecule has 0 unspecified atom stereocenters. The molecule has 1 N–H and O–H groups in total. The predicted molar refractivity (Wildman–Crippen MR) is 70.6 cm³/mol. The first-order valence-electron chi connectivity index (χ1n) is 5.07. The van der Waals surface area contributed by atoms with Crippen molar-refractivity contribution in [3.05, 3.63) is 50.6 Å². The SMILES string of the molecule is Fc1cc(F)c(NCCc2cccs2)c(Br)c1. The normalized spacial score (nSPS) is 10.5. The zero-order valence-corrected chi connectivity index (χ0v) is 11.2. The lowest BCUT2D eigenvalue weighted by molar-refractivity contribution is 0.583. The van der Waals surface area contributed by atoms with Crippen molar-refractivity contribution in [3.8, 4) is 0 Å². The van der Waals surface area contributed by atoms with E-state index in [1.54, 1.807) is 11.3 Å². The van der Waals surface area contributed by atoms with Crippen LogP contribution >= 0.6 is 27.3 Å². The number of anilines is 1. The first-order chi connectivity index (χ1) is 8.16. The molecule has 90 valence electrons. The summed E-state index contributed by atoms with van der Waals surface area (Å²) in [7, 11) is 0. The van der Waals surface area contributed by atoms with Crippen LogP contribution in [0.15, 0.2) is 34.1 Å². The van der Waals surface area contributed by atoms with E-state index in [2.05, 4.69) is 21.2 Å². The Morgan fingerprint density at radius 2 is 2.12 bits per heavy atom. The van der Waals surface area contributed by atoms with Gasteiger partial charge in [0, 0.05) is 22.0 Å². The lowest BCUT2D eigenvalue weighted by Gasteiger charge is -2.09. The zero-order chi connectivity index (χ0) is 12.3. The molecule has 0 aliphatic rings. The molecule has 0 aliphatic heterocycles. The van der Waals surface area contributed by atoms with E-state index in [1.165, 1.54) is 10.9 Å². The third-order valence-corrected chi connectivity index (χ3v) is 3.82. The van der Waals surface area contributed by atoms with Gasteiger partial charge in [0.05, 0.1) is 5.69 Å². The van der Waals surface area contributed by atoms with Crippen molar-refractivity contribution in [1.29, 1.82) is 0 Å². The van der Waals surface area contributed by atoms with E-state index in [9.17, 15) is 8.78 Å². The zero-order valence-electron chi connectivity index (χ0n) is 8.84. The fourth-order valence-electron chi connectivity index (χ4n) is 1.48. The average Bonchev–Trinajstić information content (AvgIpc) is 2.74. The van der Waals surface area contributed by atoms with Crippen molar-refractivity contribution in [1.82, 2.24) is 0 Å². The minimum Gasteiger partial charge on any atom is -0.381 e. The van der Waals surface area contributed by atoms with Gasteiger partial charge in [0.1, 0.15) is 11.6 Å². The summed E-state index contributed by atoms with van der Waals surface area (Å²) < 4.78 is 26.7. The molecule has 0 bridgehead atoms. The number of thiophene rings is 1. The van der Waals surface area contributed by atoms with Gasteiger partial charge >= 0.3 is 0 Å². The second-order valence-electron chi connectivity index (χ2n) is 3.50. The maximum Gasteiger partial charge on any atom is 0.150 e. The van der Waals surface area contributed by atoms with Crippen LogP contribution in [0.2, 0.25) is 0 Å². The van der Waals surface area contributed by atoms with Gasteiger partial charge in [-0.05, 0) is 39.9 Å². The van der Waals surface area contributed by atoms with Crippen molar-refractivity contribution in [3.63, 3.8) is 0 Å². The van der Waals surface area contributed by atoms with E-state index >= 15 is 0 Å². The summed E-state index contributed by atoms with van der Waals surface area (Å²) in [6.45, 7) is 0.613. The topological polar surface area (TPSA) is 12.0 Å². The summed E-state index contributed by atoms with van der Waals surface area (Å²) in [5.41, 5.74) is 0.308. The van der Waals surface area contributed by atoms with Gasteiger partial charge in [0.25, 0.3) is 0 Å². The van der Waals surface area contributed by atoms with Gasteiger partial charge in [-0.15, -0.1) is 11.3 Å². The maximum atomic E-state index is 13.4. The molecule has 0 fully saturated rings. The van der Waals surface area contributed by atoms with Crippen LogP contribution in [0.1, 0.15) is 4.88 Å². The smallest absolute Gasteiger partial charge is 0.150 e. The fraction of sp³-hybridized carbons (Fsp3) is 0.167. The number of hydrogen-bond acceptors (Lipinski definition) is 2. The van der Waals surface area contributed by atoms with Crippen LogP contribution in [0.25, 0.3) is 0 Å². The van der Waals surface area contributed by atoms with E-state index < -0.39 is 11.6 Å². The molecule has 17 heavy (non-hydrogen) atoms. The molecule has 0 saturated heterocycles. The van der Waals surface area contributed by atoms with Crippen LogP contribution in [0.4, 0.5) is 14.5 Å². The van der Waals surface area contributed by atoms with Gasteiger partial charge in [0.15, 0.2) is 0 Å². The predicted octanol–water partition coefficient (Wildman–Crippen LogP) is 4.44. The molecule has 1 aromatic heterocycles. The molecule has 0 aliphatic carbocycles. The van der Waals surface area contributed by atoms with Gasteiger partial charge in [-0.3, -0.25) is 0 Å². The summed E-state index contributed by atoms with van der Waals surface area (Å²) in [6, 6.07) is 6.13. The number of hydrogen-bond donors (Lipinski definition) is 1. The standard InChI is InChI=1S/C12H10BrF2NS/c13-10-6-8(14)7-11(15)12(10)16-4-3-9-2-1-5-17-9/h1-2,5-7,16H,3-4H2. The van der Waals surface area contributed by atoms with Crippen molar-refractivity contribution < 1.29 is 8.78 Å². The molecule has 2 rings (SSSR count). The molecule has 0 radical (unpaired) electrons. The molecule has 1 heterocycles. The molecule has 0 spiro atoms. The molecule has 5 heteroatoms. The van der Waals surface area contributed by atoms with Crippen molar-refractivity contribution >= 4 is 33.0 Å². The molecule has 1 nitrogen and oxygen atoms in total. The van der Waals surface area contributed by atoms with Crippen LogP contribution in [0, 0.1) is 11.6 Å². The molecule has 0 atom stereocenters. The highest BCUT2D eigenvalue weighted by atomic mass is 79.9. The minimum atomic E-state index is -0.585. The first-order valence-corrected chi connectivity index (χ1v) is 6.75. The third-order valence-electron chi connectivity index (χ3n) is 2.26. The van der Waals surface area contributed by atoms with Gasteiger partial charge in [-0.1, -0.05) is 6.07 Å². The highest BCUT2D eigenvalue weighted by Gasteiger charge is 2.08. The fourth-order valence-corrected chi connectivity index (χ4v) is 2.73. The number of benzene rings is 1. The number of rotatable bonds is 4. The van der Waals surface area contributed by atoms with E-state index in [1.807, 2.05) is 17.5 Å². The van der Waals surface area contributed by atoms with Crippen LogP contribution in [-0.4, -0.2) is 6.54 Å². The molecule has 0 saturated carbocycles. The van der Waals surface area contributed by atoms with Gasteiger partial charge < -0.3 is 5.32 Å². The van der Waals surface area contributed by atoms with Crippen LogP contribution in [0.3, 0.4) is 0 Å². The number of nitrogens with one attached hydrogen (secondary N) is 1. The Bertz CT molecular complexity index is 476. The Balaban J connectivity index is 1.99. The van der Waals surface area contributed by atoms with Crippen molar-refractivity contribution in [2.75, 3.05) is 11.9 Å². The van der Waals surface area contributed by atoms with Crippen LogP contribution in [-0.2, 0) is 6.42 Å². The number of halogens is 3. The molecular formula is C12H10BrF2NS. The summed E-state index contributed by atoms with van der Waals surface area (Å²) in [5, 5.41) is 4.97. The lowest BCUT2D eigenvalue weighted by atomic mass is 10.2. The Morgan fingerprint density at radius 1 is 1.29 bits per heavy atom. The molecular weight excluding hydrogens is 308 g/mol. The van der Waals surface area contributed by atoms with E-state index in [-0.39, 0.29) is 0 Å². The Hall–Kier alpha value is -0.940. The second kappa shape index (κ2) is 5.60. The van der Waals surface area contributed by atoms with Crippen LogP contribution in [0.5, 0.6) is 0 Å². The Kier molecular flexibility index (Phi) is 4.12. The second-order valence-corrected chi connectivity index (χ2v) is 5.39.